The highest BCUT2D eigenvalue weighted by Gasteiger charge is 2.24. The van der Waals surface area contributed by atoms with Crippen LogP contribution >= 0.6 is 34.7 Å². The number of fused-ring (bicyclic) bond motifs is 1. The van der Waals surface area contributed by atoms with E-state index in [-0.39, 0.29) is 5.91 Å². The standard InChI is InChI=1S/C24H28ClN3O2S2/c1-3-31-20-8-5-4-7-18(20)23(29)28(12-6-11-27-13-15-30-16-14-27)24-26-22-17(2)19(25)9-10-21(22)32-24/h4-5,7-10H,3,6,11-16H2,1-2H3. The number of aromatic nitrogens is 1. The molecule has 0 N–H and O–H groups in total. The summed E-state index contributed by atoms with van der Waals surface area (Å²) in [5.41, 5.74) is 2.56. The van der Waals surface area contributed by atoms with Crippen molar-refractivity contribution in [2.24, 2.45) is 0 Å². The Kier molecular flexibility index (Phi) is 8.07. The molecule has 5 nitrogen and oxygen atoms in total. The van der Waals surface area contributed by atoms with E-state index in [1.807, 2.05) is 48.2 Å². The number of amides is 1. The van der Waals surface area contributed by atoms with Crippen LogP contribution in [0.2, 0.25) is 5.02 Å². The first kappa shape index (κ1) is 23.5. The van der Waals surface area contributed by atoms with Gasteiger partial charge < -0.3 is 4.74 Å². The molecule has 2 aromatic carbocycles. The van der Waals surface area contributed by atoms with Crippen LogP contribution in [0.3, 0.4) is 0 Å². The van der Waals surface area contributed by atoms with Crippen molar-refractivity contribution in [1.82, 2.24) is 9.88 Å². The first-order chi connectivity index (χ1) is 15.6. The van der Waals surface area contributed by atoms with Gasteiger partial charge in [-0.1, -0.05) is 42.0 Å². The van der Waals surface area contributed by atoms with Gasteiger partial charge in [0.15, 0.2) is 5.13 Å². The first-order valence-corrected chi connectivity index (χ1v) is 13.2. The number of rotatable bonds is 8. The number of ether oxygens (including phenoxy) is 1. The second kappa shape index (κ2) is 11.0. The zero-order chi connectivity index (χ0) is 22.5. The maximum atomic E-state index is 13.8. The Hall–Kier alpha value is -1.64. The van der Waals surface area contributed by atoms with Crippen LogP contribution in [0.4, 0.5) is 5.13 Å². The van der Waals surface area contributed by atoms with Crippen molar-refractivity contribution in [2.45, 2.75) is 25.2 Å². The summed E-state index contributed by atoms with van der Waals surface area (Å²) >= 11 is 9.57. The Labute approximate surface area is 202 Å². The Morgan fingerprint density at radius 3 is 2.81 bits per heavy atom. The number of thioether (sulfide) groups is 1. The number of aryl methyl sites for hydroxylation is 1. The van der Waals surface area contributed by atoms with E-state index in [0.717, 1.165) is 76.4 Å². The predicted molar refractivity (Wildman–Crippen MR) is 136 cm³/mol. The molecule has 170 valence electrons. The van der Waals surface area contributed by atoms with E-state index in [4.69, 9.17) is 21.3 Å². The minimum Gasteiger partial charge on any atom is -0.379 e. The minimum absolute atomic E-state index is 0.00586. The van der Waals surface area contributed by atoms with Gasteiger partial charge in [0.05, 0.1) is 29.0 Å². The van der Waals surface area contributed by atoms with E-state index in [0.29, 0.717) is 11.6 Å². The molecule has 0 atom stereocenters. The third-order valence-corrected chi connectivity index (χ3v) is 8.00. The molecule has 3 aromatic rings. The summed E-state index contributed by atoms with van der Waals surface area (Å²) in [5.74, 6) is 0.923. The molecule has 1 aliphatic rings. The van der Waals surface area contributed by atoms with Crippen LogP contribution in [0.15, 0.2) is 41.3 Å². The summed E-state index contributed by atoms with van der Waals surface area (Å²) in [7, 11) is 0. The molecular weight excluding hydrogens is 462 g/mol. The van der Waals surface area contributed by atoms with Gasteiger partial charge in [0, 0.05) is 36.1 Å². The minimum atomic E-state index is 0.00586. The SMILES string of the molecule is CCSc1ccccc1C(=O)N(CCCN1CCOCC1)c1nc2c(C)c(Cl)ccc2s1. The van der Waals surface area contributed by atoms with E-state index in [2.05, 4.69) is 11.8 Å². The van der Waals surface area contributed by atoms with Gasteiger partial charge in [0.2, 0.25) is 0 Å². The van der Waals surface area contributed by atoms with Gasteiger partial charge in [0.25, 0.3) is 5.91 Å². The van der Waals surface area contributed by atoms with Gasteiger partial charge >= 0.3 is 0 Å². The zero-order valence-electron chi connectivity index (χ0n) is 18.5. The fourth-order valence-corrected chi connectivity index (χ4v) is 5.83. The Bertz CT molecular complexity index is 1080. The van der Waals surface area contributed by atoms with Crippen molar-refractivity contribution in [3.8, 4) is 0 Å². The molecule has 1 fully saturated rings. The number of hydrogen-bond donors (Lipinski definition) is 0. The predicted octanol–water partition coefficient (Wildman–Crippen LogP) is 5.74. The summed E-state index contributed by atoms with van der Waals surface area (Å²) in [4.78, 5) is 23.9. The van der Waals surface area contributed by atoms with E-state index in [1.165, 1.54) is 0 Å². The normalized spacial score (nSPS) is 14.7. The summed E-state index contributed by atoms with van der Waals surface area (Å²) in [6.07, 6.45) is 0.879. The average Bonchev–Trinajstić information content (AvgIpc) is 3.25. The molecule has 1 aromatic heterocycles. The molecule has 8 heteroatoms. The third kappa shape index (κ3) is 5.29. The van der Waals surface area contributed by atoms with Gasteiger partial charge in [0.1, 0.15) is 0 Å². The highest BCUT2D eigenvalue weighted by Crippen LogP contribution is 2.35. The number of anilines is 1. The second-order valence-electron chi connectivity index (χ2n) is 7.71. The number of morpholine rings is 1. The van der Waals surface area contributed by atoms with E-state index in [9.17, 15) is 4.79 Å². The number of hydrogen-bond acceptors (Lipinski definition) is 6. The van der Waals surface area contributed by atoms with Gasteiger partial charge in [-0.05, 0) is 48.9 Å². The number of thiazole rings is 1. The van der Waals surface area contributed by atoms with Crippen molar-refractivity contribution < 1.29 is 9.53 Å². The lowest BCUT2D eigenvalue weighted by molar-refractivity contribution is 0.0376. The van der Waals surface area contributed by atoms with Crippen LogP contribution in [-0.4, -0.2) is 60.9 Å². The summed E-state index contributed by atoms with van der Waals surface area (Å²) in [5, 5.41) is 1.43. The van der Waals surface area contributed by atoms with E-state index >= 15 is 0 Å². The van der Waals surface area contributed by atoms with Crippen LogP contribution in [0.5, 0.6) is 0 Å². The molecule has 2 heterocycles. The number of carbonyl (C=O) groups excluding carboxylic acids is 1. The molecule has 0 unspecified atom stereocenters. The van der Waals surface area contributed by atoms with E-state index < -0.39 is 0 Å². The van der Waals surface area contributed by atoms with Crippen molar-refractivity contribution in [3.63, 3.8) is 0 Å². The fraction of sp³-hybridized carbons (Fsp3) is 0.417. The number of nitrogens with zero attached hydrogens (tertiary/aromatic N) is 3. The highest BCUT2D eigenvalue weighted by atomic mass is 35.5. The van der Waals surface area contributed by atoms with Crippen LogP contribution in [0.25, 0.3) is 10.2 Å². The lowest BCUT2D eigenvalue weighted by Crippen LogP contribution is -2.39. The summed E-state index contributed by atoms with van der Waals surface area (Å²) < 4.78 is 6.50. The van der Waals surface area contributed by atoms with Crippen molar-refractivity contribution in [3.05, 3.63) is 52.5 Å². The van der Waals surface area contributed by atoms with Crippen LogP contribution < -0.4 is 4.90 Å². The zero-order valence-corrected chi connectivity index (χ0v) is 20.9. The van der Waals surface area contributed by atoms with Crippen LogP contribution in [0, 0.1) is 6.92 Å². The highest BCUT2D eigenvalue weighted by molar-refractivity contribution is 7.99. The van der Waals surface area contributed by atoms with Crippen LogP contribution in [0.1, 0.15) is 29.3 Å². The summed E-state index contributed by atoms with van der Waals surface area (Å²) in [6, 6.07) is 11.8. The van der Waals surface area contributed by atoms with Gasteiger partial charge in [-0.25, -0.2) is 4.98 Å². The Balaban J connectivity index is 1.63. The molecule has 1 saturated heterocycles. The quantitative estimate of drug-likeness (QED) is 0.377. The molecular formula is C24H28ClN3O2S2. The number of benzene rings is 2. The maximum absolute atomic E-state index is 13.8. The molecule has 0 saturated carbocycles. The van der Waals surface area contributed by atoms with E-state index in [1.54, 1.807) is 23.1 Å². The summed E-state index contributed by atoms with van der Waals surface area (Å²) in [6.45, 7) is 9.09. The topological polar surface area (TPSA) is 45.7 Å². The van der Waals surface area contributed by atoms with Crippen molar-refractivity contribution >= 4 is 56.0 Å². The van der Waals surface area contributed by atoms with Crippen LogP contribution in [-0.2, 0) is 4.74 Å². The molecule has 32 heavy (non-hydrogen) atoms. The monoisotopic (exact) mass is 489 g/mol. The number of halogens is 1. The molecule has 0 aliphatic carbocycles. The first-order valence-electron chi connectivity index (χ1n) is 11.0. The lowest BCUT2D eigenvalue weighted by Gasteiger charge is -2.28. The maximum Gasteiger partial charge on any atom is 0.261 e. The molecule has 0 radical (unpaired) electrons. The Morgan fingerprint density at radius 2 is 2.03 bits per heavy atom. The second-order valence-corrected chi connectivity index (χ2v) is 10.4. The molecule has 0 spiro atoms. The Morgan fingerprint density at radius 1 is 1.25 bits per heavy atom. The average molecular weight is 490 g/mol. The number of carbonyl (C=O) groups is 1. The third-order valence-electron chi connectivity index (χ3n) is 5.59. The molecule has 1 aliphatic heterocycles. The molecule has 4 rings (SSSR count). The van der Waals surface area contributed by atoms with Gasteiger partial charge in [-0.3, -0.25) is 14.6 Å². The fourth-order valence-electron chi connectivity index (χ4n) is 3.84. The smallest absolute Gasteiger partial charge is 0.261 e. The van der Waals surface area contributed by atoms with Crippen molar-refractivity contribution in [1.29, 1.82) is 0 Å². The molecule has 0 bridgehead atoms. The largest absolute Gasteiger partial charge is 0.379 e. The lowest BCUT2D eigenvalue weighted by atomic mass is 10.2. The van der Waals surface area contributed by atoms with Crippen molar-refractivity contribution in [2.75, 3.05) is 50.0 Å². The van der Waals surface area contributed by atoms with Gasteiger partial charge in [-0.15, -0.1) is 11.8 Å². The molecule has 1 amide bonds. The van der Waals surface area contributed by atoms with Gasteiger partial charge in [-0.2, -0.15) is 0 Å².